The molecule has 0 saturated heterocycles. The Morgan fingerprint density at radius 2 is 1.71 bits per heavy atom. The molecule has 2 unspecified atom stereocenters. The third-order valence-electron chi connectivity index (χ3n) is 8.00. The van der Waals surface area contributed by atoms with Crippen molar-refractivity contribution in [3.05, 3.63) is 101 Å². The van der Waals surface area contributed by atoms with Crippen LogP contribution in [0, 0.1) is 17.6 Å². The predicted octanol–water partition coefficient (Wildman–Crippen LogP) is 8.25. The number of halogens is 9. The van der Waals surface area contributed by atoms with E-state index in [1.165, 1.54) is 24.4 Å². The van der Waals surface area contributed by atoms with Crippen molar-refractivity contribution in [2.24, 2.45) is 5.92 Å². The van der Waals surface area contributed by atoms with E-state index in [4.69, 9.17) is 0 Å². The average molecular weight is 640 g/mol. The number of carbonyl (C=O) groups is 1. The minimum Gasteiger partial charge on any atom is -0.406 e. The molecule has 0 radical (unpaired) electrons. The summed E-state index contributed by atoms with van der Waals surface area (Å²) in [6, 6.07) is 10.7. The van der Waals surface area contributed by atoms with Crippen LogP contribution in [0.15, 0.2) is 60.8 Å². The summed E-state index contributed by atoms with van der Waals surface area (Å²) in [6.45, 7) is -0.760. The highest BCUT2D eigenvalue weighted by Crippen LogP contribution is 2.68. The number of ether oxygens (including phenoxy) is 1. The van der Waals surface area contributed by atoms with Gasteiger partial charge in [0.1, 0.15) is 35.3 Å². The van der Waals surface area contributed by atoms with Gasteiger partial charge >= 0.3 is 6.36 Å². The third-order valence-corrected chi connectivity index (χ3v) is 8.00. The Morgan fingerprint density at radius 3 is 2.36 bits per heavy atom. The fraction of sp³-hybridized carbons (Fsp3) is 0.323. The monoisotopic (exact) mass is 639 g/mol. The van der Waals surface area contributed by atoms with Crippen molar-refractivity contribution in [3.8, 4) is 16.9 Å². The molecule has 2 aromatic heterocycles. The fourth-order valence-corrected chi connectivity index (χ4v) is 6.19. The molecule has 3 atom stereocenters. The number of ketones is 1. The maximum absolute atomic E-state index is 15.0. The first-order chi connectivity index (χ1) is 21.2. The first kappa shape index (κ1) is 30.7. The minimum atomic E-state index is -4.91. The number of pyridine rings is 1. The van der Waals surface area contributed by atoms with Crippen LogP contribution in [-0.2, 0) is 23.7 Å². The molecule has 5 nitrogen and oxygen atoms in total. The molecule has 6 rings (SSSR count). The smallest absolute Gasteiger partial charge is 0.406 e. The third kappa shape index (κ3) is 6.14. The Balaban J connectivity index is 1.33. The van der Waals surface area contributed by atoms with E-state index in [0.717, 1.165) is 24.3 Å². The largest absolute Gasteiger partial charge is 0.573 e. The van der Waals surface area contributed by atoms with Crippen LogP contribution >= 0.6 is 0 Å². The summed E-state index contributed by atoms with van der Waals surface area (Å²) < 4.78 is 128. The molecule has 1 fully saturated rings. The van der Waals surface area contributed by atoms with Gasteiger partial charge in [0.05, 0.1) is 5.69 Å². The second kappa shape index (κ2) is 11.2. The van der Waals surface area contributed by atoms with Gasteiger partial charge in [-0.25, -0.2) is 17.6 Å². The van der Waals surface area contributed by atoms with Gasteiger partial charge in [0.25, 0.3) is 12.3 Å². The van der Waals surface area contributed by atoms with Gasteiger partial charge < -0.3 is 4.74 Å². The van der Waals surface area contributed by atoms with Crippen molar-refractivity contribution in [1.29, 1.82) is 0 Å². The number of carbonyl (C=O) groups excluding carboxylic acids is 1. The van der Waals surface area contributed by atoms with E-state index in [1.54, 1.807) is 6.07 Å². The van der Waals surface area contributed by atoms with E-state index in [9.17, 15) is 35.5 Å². The van der Waals surface area contributed by atoms with Crippen LogP contribution < -0.4 is 4.74 Å². The highest BCUT2D eigenvalue weighted by atomic mass is 19.4. The van der Waals surface area contributed by atoms with Crippen molar-refractivity contribution in [2.75, 3.05) is 0 Å². The van der Waals surface area contributed by atoms with E-state index >= 15 is 8.78 Å². The number of nitrogens with zero attached hydrogens (tertiary/aromatic N) is 3. The Labute approximate surface area is 249 Å². The van der Waals surface area contributed by atoms with Crippen molar-refractivity contribution >= 4 is 5.78 Å². The van der Waals surface area contributed by atoms with E-state index in [-0.39, 0.29) is 29.7 Å². The normalized spacial score (nSPS) is 18.9. The number of hydrogen-bond acceptors (Lipinski definition) is 4. The number of alkyl halides is 7. The second-order valence-corrected chi connectivity index (χ2v) is 11.1. The molecule has 0 bridgehead atoms. The molecule has 2 aliphatic carbocycles. The van der Waals surface area contributed by atoms with Gasteiger partial charge in [-0.3, -0.25) is 14.5 Å². The van der Waals surface area contributed by atoms with Crippen molar-refractivity contribution < 1.29 is 49.0 Å². The number of Topliss-reactive ketones (excluding diaryl/α,β-unsaturated/α-hetero) is 1. The predicted molar refractivity (Wildman–Crippen MR) is 141 cm³/mol. The van der Waals surface area contributed by atoms with Crippen LogP contribution in [0.4, 0.5) is 39.5 Å². The molecule has 2 aliphatic rings. The van der Waals surface area contributed by atoms with Gasteiger partial charge in [0, 0.05) is 41.6 Å². The Bertz CT molecular complexity index is 1730. The SMILES string of the molecule is O=C(C[C@@H](Cc1cc(F)cc(F)c1)c1ncccc1-c1ccc(OC(F)(F)F)cc1)Cn1nc(C(F)F)c2c1C(F)(F)C1CC21. The standard InChI is InChI=1S/C31H22F9N3O2/c32-18-9-15(10-19(33)12-18)8-17(26-22(2-1-7-41-26)16-3-5-21(6-4-16)45-31(38,39)40)11-20(44)14-43-28-25(27(42-43)29(34)35)23-13-24(23)30(28,36)37/h1-7,9-10,12,17,23-24,29H,8,11,13-14H2/t17-,23?,24?/m1/s1. The lowest BCUT2D eigenvalue weighted by Crippen LogP contribution is -2.24. The molecule has 0 spiro atoms. The molecule has 236 valence electrons. The highest BCUT2D eigenvalue weighted by Gasteiger charge is 2.67. The lowest BCUT2D eigenvalue weighted by molar-refractivity contribution is -0.274. The molecule has 2 heterocycles. The van der Waals surface area contributed by atoms with E-state index in [0.29, 0.717) is 21.9 Å². The first-order valence-electron chi connectivity index (χ1n) is 13.8. The van der Waals surface area contributed by atoms with Crippen LogP contribution in [0.1, 0.15) is 59.3 Å². The second-order valence-electron chi connectivity index (χ2n) is 11.1. The summed E-state index contributed by atoms with van der Waals surface area (Å²) in [5.41, 5.74) is -0.578. The first-order valence-corrected chi connectivity index (χ1v) is 13.8. The zero-order chi connectivity index (χ0) is 32.3. The lowest BCUT2D eigenvalue weighted by atomic mass is 9.87. The fourth-order valence-electron chi connectivity index (χ4n) is 6.19. The molecule has 0 amide bonds. The van der Waals surface area contributed by atoms with Gasteiger partial charge in [0.15, 0.2) is 5.78 Å². The van der Waals surface area contributed by atoms with Gasteiger partial charge in [0.2, 0.25) is 0 Å². The molecule has 45 heavy (non-hydrogen) atoms. The van der Waals surface area contributed by atoms with Crippen LogP contribution in [0.2, 0.25) is 0 Å². The van der Waals surface area contributed by atoms with Crippen LogP contribution in [0.25, 0.3) is 11.1 Å². The highest BCUT2D eigenvalue weighted by molar-refractivity contribution is 5.80. The number of benzene rings is 2. The van der Waals surface area contributed by atoms with Crippen molar-refractivity contribution in [1.82, 2.24) is 14.8 Å². The number of hydrogen-bond donors (Lipinski definition) is 0. The summed E-state index contributed by atoms with van der Waals surface area (Å²) in [5, 5.41) is 3.69. The molecule has 0 aliphatic heterocycles. The van der Waals surface area contributed by atoms with E-state index < -0.39 is 84.0 Å². The summed E-state index contributed by atoms with van der Waals surface area (Å²) in [6.07, 6.45) is -7.18. The van der Waals surface area contributed by atoms with Crippen LogP contribution in [0.5, 0.6) is 5.75 Å². The Kier molecular flexibility index (Phi) is 7.64. The molecule has 4 aromatic rings. The van der Waals surface area contributed by atoms with Crippen LogP contribution in [-0.4, -0.2) is 26.9 Å². The summed E-state index contributed by atoms with van der Waals surface area (Å²) >= 11 is 0. The lowest BCUT2D eigenvalue weighted by Gasteiger charge is -2.21. The molecule has 0 N–H and O–H groups in total. The number of aromatic nitrogens is 3. The summed E-state index contributed by atoms with van der Waals surface area (Å²) in [7, 11) is 0. The van der Waals surface area contributed by atoms with Crippen molar-refractivity contribution in [2.45, 2.75) is 56.4 Å². The van der Waals surface area contributed by atoms with E-state index in [2.05, 4.69) is 14.8 Å². The van der Waals surface area contributed by atoms with Crippen molar-refractivity contribution in [3.63, 3.8) is 0 Å². The zero-order valence-electron chi connectivity index (χ0n) is 23.0. The number of rotatable bonds is 10. The molecular weight excluding hydrogens is 617 g/mol. The van der Waals surface area contributed by atoms with Crippen LogP contribution in [0.3, 0.4) is 0 Å². The minimum absolute atomic E-state index is 0.0530. The van der Waals surface area contributed by atoms with Gasteiger partial charge in [-0.05, 0) is 60.2 Å². The van der Waals surface area contributed by atoms with E-state index in [1.807, 2.05) is 0 Å². The zero-order valence-corrected chi connectivity index (χ0v) is 23.0. The molecule has 14 heteroatoms. The molecular formula is C31H22F9N3O2. The summed E-state index contributed by atoms with van der Waals surface area (Å²) in [4.78, 5) is 17.8. The molecule has 1 saturated carbocycles. The quantitative estimate of drug-likeness (QED) is 0.164. The molecule has 2 aromatic carbocycles. The number of fused-ring (bicyclic) bond motifs is 3. The summed E-state index contributed by atoms with van der Waals surface area (Å²) in [5.74, 6) is -9.17. The topological polar surface area (TPSA) is 57.0 Å². The maximum atomic E-state index is 15.0. The Hall–Kier alpha value is -4.36. The van der Waals surface area contributed by atoms with Gasteiger partial charge in [-0.2, -0.15) is 13.9 Å². The van der Waals surface area contributed by atoms with Gasteiger partial charge in [-0.15, -0.1) is 13.2 Å². The maximum Gasteiger partial charge on any atom is 0.573 e. The average Bonchev–Trinajstić information content (AvgIpc) is 3.60. The Morgan fingerprint density at radius 1 is 1.02 bits per heavy atom. The van der Waals surface area contributed by atoms with Gasteiger partial charge in [-0.1, -0.05) is 18.2 Å².